The summed E-state index contributed by atoms with van der Waals surface area (Å²) in [6.45, 7) is 4.10. The number of nitrogens with one attached hydrogen (secondary N) is 2. The fourth-order valence-corrected chi connectivity index (χ4v) is 2.46. The minimum Gasteiger partial charge on any atom is -0.449 e. The number of aryl methyl sites for hydroxylation is 1. The molecule has 2 N–H and O–H groups in total. The summed E-state index contributed by atoms with van der Waals surface area (Å²) >= 11 is 0. The zero-order valence-corrected chi connectivity index (χ0v) is 14.2. The first-order valence-corrected chi connectivity index (χ1v) is 8.15. The van der Waals surface area contributed by atoms with E-state index in [0.29, 0.717) is 18.9 Å². The van der Waals surface area contributed by atoms with Crippen LogP contribution in [0, 0.1) is 6.92 Å². The molecule has 2 aromatic carbocycles. The van der Waals surface area contributed by atoms with E-state index in [1.165, 1.54) is 5.56 Å². The number of amidine groups is 1. The molecule has 2 aromatic rings. The molecule has 0 fully saturated rings. The van der Waals surface area contributed by atoms with Crippen LogP contribution in [0.2, 0.25) is 0 Å². The number of carbonyl (C=O) groups excluding carboxylic acids is 1. The van der Waals surface area contributed by atoms with Crippen LogP contribution in [-0.4, -0.2) is 24.2 Å². The molecular formula is C19H20N4O2. The van der Waals surface area contributed by atoms with Crippen molar-refractivity contribution in [3.63, 3.8) is 0 Å². The van der Waals surface area contributed by atoms with Crippen LogP contribution < -0.4 is 10.9 Å². The average Bonchev–Trinajstić information content (AvgIpc) is 2.80. The number of amides is 1. The van der Waals surface area contributed by atoms with Gasteiger partial charge in [0, 0.05) is 0 Å². The summed E-state index contributed by atoms with van der Waals surface area (Å²) in [6.07, 6.45) is -0.0824. The molecule has 0 aromatic heterocycles. The van der Waals surface area contributed by atoms with Crippen LogP contribution in [0.4, 0.5) is 16.2 Å². The van der Waals surface area contributed by atoms with E-state index in [9.17, 15) is 4.79 Å². The lowest BCUT2D eigenvalue weighted by atomic mass is 10.1. The molecule has 0 unspecified atom stereocenters. The molecule has 1 aliphatic rings. The Morgan fingerprint density at radius 2 is 1.76 bits per heavy atom. The van der Waals surface area contributed by atoms with Crippen LogP contribution in [-0.2, 0) is 4.74 Å². The maximum absolute atomic E-state index is 11.5. The second kappa shape index (κ2) is 7.61. The predicted octanol–water partition coefficient (Wildman–Crippen LogP) is 3.80. The maximum atomic E-state index is 11.5. The van der Waals surface area contributed by atoms with E-state index in [0.717, 1.165) is 22.6 Å². The molecule has 0 saturated heterocycles. The van der Waals surface area contributed by atoms with Crippen LogP contribution in [0.5, 0.6) is 0 Å². The van der Waals surface area contributed by atoms with Gasteiger partial charge in [-0.2, -0.15) is 0 Å². The highest BCUT2D eigenvalue weighted by Crippen LogP contribution is 2.31. The number of carbonyl (C=O) groups is 1. The van der Waals surface area contributed by atoms with Gasteiger partial charge in [0.2, 0.25) is 0 Å². The second-order valence-electron chi connectivity index (χ2n) is 5.62. The zero-order chi connectivity index (χ0) is 17.6. The topological polar surface area (TPSA) is 75.1 Å². The number of benzene rings is 2. The molecule has 25 heavy (non-hydrogen) atoms. The van der Waals surface area contributed by atoms with Crippen molar-refractivity contribution in [3.8, 4) is 0 Å². The van der Waals surface area contributed by atoms with Crippen molar-refractivity contribution in [2.45, 2.75) is 20.3 Å². The lowest BCUT2D eigenvalue weighted by Gasteiger charge is -2.11. The maximum Gasteiger partial charge on any atom is 0.425 e. The van der Waals surface area contributed by atoms with Crippen molar-refractivity contribution < 1.29 is 9.53 Å². The highest BCUT2D eigenvalue weighted by molar-refractivity contribution is 6.14. The van der Waals surface area contributed by atoms with E-state index >= 15 is 0 Å². The van der Waals surface area contributed by atoms with Crippen molar-refractivity contribution in [1.29, 1.82) is 0 Å². The van der Waals surface area contributed by atoms with Gasteiger partial charge >= 0.3 is 6.09 Å². The first-order valence-electron chi connectivity index (χ1n) is 8.15. The number of hydrogen-bond acceptors (Lipinski definition) is 5. The van der Waals surface area contributed by atoms with Gasteiger partial charge in [-0.15, -0.1) is 0 Å². The Balaban J connectivity index is 1.90. The third-order valence-corrected chi connectivity index (χ3v) is 3.70. The van der Waals surface area contributed by atoms with Gasteiger partial charge in [0.25, 0.3) is 0 Å². The summed E-state index contributed by atoms with van der Waals surface area (Å²) < 4.78 is 4.86. The Kier molecular flexibility index (Phi) is 5.09. The molecule has 0 spiro atoms. The number of fused-ring (bicyclic) bond motifs is 1. The van der Waals surface area contributed by atoms with Crippen LogP contribution in [0.1, 0.15) is 24.5 Å². The Morgan fingerprint density at radius 3 is 2.44 bits per heavy atom. The largest absolute Gasteiger partial charge is 0.449 e. The van der Waals surface area contributed by atoms with E-state index in [4.69, 9.17) is 9.73 Å². The molecule has 0 saturated carbocycles. The fraction of sp³-hybridized carbons (Fsp3) is 0.211. The standard InChI is InChI=1S/C19H20N4O2/c1-3-25-19(24)23-22-18-12-17(14-10-8-13(2)9-11-14)20-15-6-4-5-7-16(15)21-18/h4-11H,3,12H2,1-2H3,(H,21,22)(H,23,24). The Morgan fingerprint density at radius 1 is 1.08 bits per heavy atom. The third-order valence-electron chi connectivity index (χ3n) is 3.70. The van der Waals surface area contributed by atoms with E-state index in [1.807, 2.05) is 43.3 Å². The van der Waals surface area contributed by atoms with E-state index in [-0.39, 0.29) is 0 Å². The number of nitrogens with zero attached hydrogens (tertiary/aromatic N) is 2. The summed E-state index contributed by atoms with van der Waals surface area (Å²) in [4.78, 5) is 20.9. The Labute approximate surface area is 146 Å². The second-order valence-corrected chi connectivity index (χ2v) is 5.62. The van der Waals surface area contributed by atoms with Crippen LogP contribution >= 0.6 is 0 Å². The van der Waals surface area contributed by atoms with Gasteiger partial charge in [0.1, 0.15) is 5.84 Å². The molecule has 0 aliphatic carbocycles. The van der Waals surface area contributed by atoms with Gasteiger partial charge in [-0.1, -0.05) is 42.0 Å². The highest BCUT2D eigenvalue weighted by Gasteiger charge is 2.15. The van der Waals surface area contributed by atoms with E-state index < -0.39 is 6.09 Å². The minimum absolute atomic E-state index is 0.304. The summed E-state index contributed by atoms with van der Waals surface area (Å²) in [7, 11) is 0. The molecule has 6 heteroatoms. The average molecular weight is 336 g/mol. The molecule has 1 amide bonds. The Bertz CT molecular complexity index is 826. The molecule has 1 heterocycles. The lowest BCUT2D eigenvalue weighted by molar-refractivity contribution is 0.150. The monoisotopic (exact) mass is 336 g/mol. The van der Waals surface area contributed by atoms with Gasteiger partial charge in [0.05, 0.1) is 30.1 Å². The van der Waals surface area contributed by atoms with Gasteiger partial charge in [-0.25, -0.2) is 15.2 Å². The smallest absolute Gasteiger partial charge is 0.425 e. The number of rotatable bonds is 2. The summed E-state index contributed by atoms with van der Waals surface area (Å²) in [5, 5.41) is 0. The quantitative estimate of drug-likeness (QED) is 0.819. The molecule has 6 nitrogen and oxygen atoms in total. The van der Waals surface area contributed by atoms with Gasteiger partial charge in [0.15, 0.2) is 0 Å². The predicted molar refractivity (Wildman–Crippen MR) is 98.8 cm³/mol. The van der Waals surface area contributed by atoms with Crippen LogP contribution in [0.25, 0.3) is 0 Å². The number of ether oxygens (including phenoxy) is 1. The van der Waals surface area contributed by atoms with Gasteiger partial charge < -0.3 is 4.74 Å². The van der Waals surface area contributed by atoms with Gasteiger partial charge in [-0.05, 0) is 31.5 Å². The van der Waals surface area contributed by atoms with Crippen LogP contribution in [0.15, 0.2) is 58.5 Å². The number of hydrogen-bond donors (Lipinski definition) is 2. The van der Waals surface area contributed by atoms with E-state index in [1.54, 1.807) is 6.92 Å². The molecule has 1 aliphatic heterocycles. The van der Waals surface area contributed by atoms with Crippen molar-refractivity contribution in [2.24, 2.45) is 9.98 Å². The lowest BCUT2D eigenvalue weighted by Crippen LogP contribution is -2.42. The number of aliphatic imine (C=N–C) groups is 2. The minimum atomic E-state index is -0.545. The van der Waals surface area contributed by atoms with E-state index in [2.05, 4.69) is 28.0 Å². The highest BCUT2D eigenvalue weighted by atomic mass is 16.5. The molecular weight excluding hydrogens is 316 g/mol. The summed E-state index contributed by atoms with van der Waals surface area (Å²) in [5.74, 6) is 0.595. The molecule has 0 atom stereocenters. The molecule has 3 rings (SSSR count). The zero-order valence-electron chi connectivity index (χ0n) is 14.2. The Hall–Kier alpha value is -3.15. The number of hydrazine groups is 1. The normalized spacial score (nSPS) is 13.0. The SMILES string of the molecule is CCOC(=O)NNC1=Nc2ccccc2N=C(c2ccc(C)cc2)C1. The first kappa shape index (κ1) is 16.7. The summed E-state index contributed by atoms with van der Waals surface area (Å²) in [5.41, 5.74) is 9.97. The first-order chi connectivity index (χ1) is 12.2. The third kappa shape index (κ3) is 4.23. The molecule has 0 bridgehead atoms. The van der Waals surface area contributed by atoms with Crippen molar-refractivity contribution >= 4 is 29.0 Å². The van der Waals surface area contributed by atoms with Crippen molar-refractivity contribution in [3.05, 3.63) is 59.7 Å². The van der Waals surface area contributed by atoms with Crippen molar-refractivity contribution in [1.82, 2.24) is 10.9 Å². The fourth-order valence-electron chi connectivity index (χ4n) is 2.46. The number of para-hydroxylation sites is 2. The van der Waals surface area contributed by atoms with Crippen LogP contribution in [0.3, 0.4) is 0 Å². The summed E-state index contributed by atoms with van der Waals surface area (Å²) in [6, 6.07) is 15.8. The molecule has 128 valence electrons. The van der Waals surface area contributed by atoms with Gasteiger partial charge in [-0.3, -0.25) is 10.4 Å². The van der Waals surface area contributed by atoms with Crippen molar-refractivity contribution in [2.75, 3.05) is 6.61 Å². The molecule has 0 radical (unpaired) electrons.